The minimum absolute atomic E-state index is 0.0507. The minimum atomic E-state index is -0.0507. The van der Waals surface area contributed by atoms with Crippen LogP contribution in [0.25, 0.3) is 10.2 Å². The Morgan fingerprint density at radius 3 is 3.12 bits per heavy atom. The van der Waals surface area contributed by atoms with Crippen LogP contribution < -0.4 is 16.0 Å². The maximum atomic E-state index is 12.5. The van der Waals surface area contributed by atoms with Crippen molar-refractivity contribution in [1.82, 2.24) is 9.97 Å². The highest BCUT2D eigenvalue weighted by Gasteiger charge is 2.21. The highest BCUT2D eigenvalue weighted by molar-refractivity contribution is 8.13. The molecule has 0 amide bonds. The van der Waals surface area contributed by atoms with Crippen molar-refractivity contribution >= 4 is 44.2 Å². The first-order valence-corrected chi connectivity index (χ1v) is 10.1. The van der Waals surface area contributed by atoms with Gasteiger partial charge in [-0.05, 0) is 37.0 Å². The molecule has 1 aliphatic rings. The molecule has 134 valence electrons. The predicted molar refractivity (Wildman–Crippen MR) is 108 cm³/mol. The molecule has 26 heavy (non-hydrogen) atoms. The van der Waals surface area contributed by atoms with Crippen molar-refractivity contribution in [3.05, 3.63) is 50.9 Å². The van der Waals surface area contributed by atoms with Gasteiger partial charge in [-0.2, -0.15) is 0 Å². The molecule has 1 aliphatic carbocycles. The molecule has 0 radical (unpaired) electrons. The molecule has 0 saturated heterocycles. The topological polar surface area (TPSA) is 93.4 Å². The van der Waals surface area contributed by atoms with Crippen molar-refractivity contribution in [2.45, 2.75) is 25.0 Å². The number of rotatable bonds is 4. The molecule has 1 aromatic carbocycles. The number of nitrogens with zero attached hydrogens (tertiary/aromatic N) is 2. The van der Waals surface area contributed by atoms with Crippen LogP contribution in [0.4, 0.5) is 5.69 Å². The molecule has 0 atom stereocenters. The fraction of sp³-hybridized carbons (Fsp3) is 0.278. The predicted octanol–water partition coefficient (Wildman–Crippen LogP) is 3.36. The summed E-state index contributed by atoms with van der Waals surface area (Å²) in [6.07, 6.45) is 3.16. The average molecular weight is 387 g/mol. The van der Waals surface area contributed by atoms with Crippen LogP contribution in [0, 0.1) is 0 Å². The zero-order chi connectivity index (χ0) is 18.1. The molecule has 6 nitrogen and oxygen atoms in total. The first kappa shape index (κ1) is 17.1. The van der Waals surface area contributed by atoms with Gasteiger partial charge < -0.3 is 15.5 Å². The zero-order valence-corrected chi connectivity index (χ0v) is 15.9. The van der Waals surface area contributed by atoms with Gasteiger partial charge in [-0.15, -0.1) is 11.3 Å². The highest BCUT2D eigenvalue weighted by atomic mass is 32.2. The van der Waals surface area contributed by atoms with E-state index in [4.69, 9.17) is 10.5 Å². The number of hydrogen-bond donors (Lipinski definition) is 2. The highest BCUT2D eigenvalue weighted by Crippen LogP contribution is 2.34. The molecule has 4 rings (SSSR count). The quantitative estimate of drug-likeness (QED) is 0.530. The molecule has 3 aromatic rings. The molecular weight excluding hydrogens is 368 g/mol. The molecule has 2 aromatic heterocycles. The van der Waals surface area contributed by atoms with Crippen LogP contribution in [-0.2, 0) is 18.6 Å². The van der Waals surface area contributed by atoms with Gasteiger partial charge in [-0.25, -0.2) is 9.98 Å². The maximum Gasteiger partial charge on any atom is 0.259 e. The number of benzene rings is 1. The second-order valence-electron chi connectivity index (χ2n) is 5.96. The average Bonchev–Trinajstić information content (AvgIpc) is 3.21. The van der Waals surface area contributed by atoms with Gasteiger partial charge >= 0.3 is 0 Å². The van der Waals surface area contributed by atoms with E-state index < -0.39 is 0 Å². The van der Waals surface area contributed by atoms with Crippen LogP contribution in [0.1, 0.15) is 22.7 Å². The van der Waals surface area contributed by atoms with E-state index in [9.17, 15) is 4.79 Å². The van der Waals surface area contributed by atoms with Crippen molar-refractivity contribution in [2.24, 2.45) is 10.7 Å². The Kier molecular flexibility index (Phi) is 4.69. The number of H-pyrrole nitrogens is 1. The monoisotopic (exact) mass is 386 g/mol. The molecular formula is C18H18N4O2S2. The van der Waals surface area contributed by atoms with E-state index in [1.165, 1.54) is 22.2 Å². The van der Waals surface area contributed by atoms with Crippen molar-refractivity contribution in [2.75, 3.05) is 7.11 Å². The van der Waals surface area contributed by atoms with E-state index in [-0.39, 0.29) is 5.56 Å². The number of thiophene rings is 1. The Labute approximate surface area is 158 Å². The number of aliphatic imine (C=N–C) groups is 1. The van der Waals surface area contributed by atoms with Crippen molar-refractivity contribution in [1.29, 1.82) is 0 Å². The van der Waals surface area contributed by atoms with Crippen LogP contribution in [0.3, 0.4) is 0 Å². The van der Waals surface area contributed by atoms with Crippen LogP contribution in [0.2, 0.25) is 0 Å². The number of methoxy groups -OCH3 is 1. The summed E-state index contributed by atoms with van der Waals surface area (Å²) in [5, 5.41) is 1.16. The molecule has 2 heterocycles. The summed E-state index contributed by atoms with van der Waals surface area (Å²) in [5.74, 6) is 1.74. The van der Waals surface area contributed by atoms with Gasteiger partial charge in [0.2, 0.25) is 0 Å². The van der Waals surface area contributed by atoms with Gasteiger partial charge in [0.05, 0.1) is 18.2 Å². The summed E-state index contributed by atoms with van der Waals surface area (Å²) in [6.45, 7) is 0. The fourth-order valence-corrected chi connectivity index (χ4v) is 5.00. The molecule has 3 N–H and O–H groups in total. The fourth-order valence-electron chi connectivity index (χ4n) is 3.13. The van der Waals surface area contributed by atoms with Gasteiger partial charge in [0.25, 0.3) is 5.56 Å². The summed E-state index contributed by atoms with van der Waals surface area (Å²) >= 11 is 2.97. The zero-order valence-electron chi connectivity index (χ0n) is 14.2. The second-order valence-corrected chi connectivity index (χ2v) is 8.04. The molecule has 0 unspecified atom stereocenters. The standard InChI is InChI=1S/C18H18N4O2S2/c1-24-12-7-3-2-6-11(12)20-18(19)25-9-14-21-16(23)15-10-5-4-8-13(10)26-17(15)22-14/h2-3,6-7H,4-5,8-9H2,1H3,(H2,19,20)(H,21,22,23). The molecule has 0 saturated carbocycles. The lowest BCUT2D eigenvalue weighted by Crippen LogP contribution is -2.13. The Hall–Kier alpha value is -2.32. The Morgan fingerprint density at radius 1 is 1.42 bits per heavy atom. The smallest absolute Gasteiger partial charge is 0.259 e. The maximum absolute atomic E-state index is 12.5. The minimum Gasteiger partial charge on any atom is -0.494 e. The molecule has 8 heteroatoms. The summed E-state index contributed by atoms with van der Waals surface area (Å²) in [7, 11) is 1.60. The number of aryl methyl sites for hydroxylation is 2. The van der Waals surface area contributed by atoms with E-state index >= 15 is 0 Å². The number of nitrogens with one attached hydrogen (secondary N) is 1. The van der Waals surface area contributed by atoms with Crippen LogP contribution in [0.5, 0.6) is 5.75 Å². The van der Waals surface area contributed by atoms with Gasteiger partial charge in [0.15, 0.2) is 5.17 Å². The number of nitrogens with two attached hydrogens (primary N) is 1. The van der Waals surface area contributed by atoms with Crippen LogP contribution in [0.15, 0.2) is 34.1 Å². The van der Waals surface area contributed by atoms with Gasteiger partial charge in [0.1, 0.15) is 22.1 Å². The number of hydrogen-bond acceptors (Lipinski definition) is 6. The molecule has 0 fully saturated rings. The summed E-state index contributed by atoms with van der Waals surface area (Å²) in [4.78, 5) is 26.5. The van der Waals surface area contributed by atoms with Gasteiger partial charge in [-0.1, -0.05) is 23.9 Å². The number of thioether (sulfide) groups is 1. The summed E-state index contributed by atoms with van der Waals surface area (Å²) < 4.78 is 5.27. The third kappa shape index (κ3) is 3.22. The SMILES string of the molecule is COc1ccccc1N=C(N)SCc1nc2sc3c(c2c(=O)[nH]1)CCC3. The van der Waals surface area contributed by atoms with Gasteiger partial charge in [0, 0.05) is 4.88 Å². The lowest BCUT2D eigenvalue weighted by Gasteiger charge is -2.05. The Balaban J connectivity index is 1.54. The van der Waals surface area contributed by atoms with Crippen LogP contribution >= 0.6 is 23.1 Å². The molecule has 0 aliphatic heterocycles. The third-order valence-electron chi connectivity index (χ3n) is 4.30. The van der Waals surface area contributed by atoms with Crippen molar-refractivity contribution < 1.29 is 4.74 Å². The lowest BCUT2D eigenvalue weighted by molar-refractivity contribution is 0.416. The Morgan fingerprint density at radius 2 is 2.27 bits per heavy atom. The van der Waals surface area contributed by atoms with E-state index in [2.05, 4.69) is 15.0 Å². The van der Waals surface area contributed by atoms with Gasteiger partial charge in [-0.3, -0.25) is 4.79 Å². The van der Waals surface area contributed by atoms with E-state index in [1.807, 2.05) is 24.3 Å². The second kappa shape index (κ2) is 7.13. The molecule has 0 spiro atoms. The summed E-state index contributed by atoms with van der Waals surface area (Å²) in [5.41, 5.74) is 7.84. The van der Waals surface area contributed by atoms with E-state index in [1.54, 1.807) is 18.4 Å². The number of fused-ring (bicyclic) bond motifs is 3. The third-order valence-corrected chi connectivity index (χ3v) is 6.29. The summed E-state index contributed by atoms with van der Waals surface area (Å²) in [6, 6.07) is 7.43. The first-order chi connectivity index (χ1) is 12.7. The Bertz CT molecular complexity index is 1060. The number of amidine groups is 1. The largest absolute Gasteiger partial charge is 0.494 e. The lowest BCUT2D eigenvalue weighted by atomic mass is 10.2. The van der Waals surface area contributed by atoms with Crippen LogP contribution in [-0.4, -0.2) is 22.2 Å². The van der Waals surface area contributed by atoms with Crippen molar-refractivity contribution in [3.63, 3.8) is 0 Å². The number of ether oxygens (including phenoxy) is 1. The number of aromatic nitrogens is 2. The van der Waals surface area contributed by atoms with Crippen molar-refractivity contribution in [3.8, 4) is 5.75 Å². The van der Waals surface area contributed by atoms with E-state index in [0.717, 1.165) is 29.5 Å². The van der Waals surface area contributed by atoms with E-state index in [0.29, 0.717) is 28.2 Å². The first-order valence-electron chi connectivity index (χ1n) is 8.29. The number of para-hydroxylation sites is 2. The molecule has 0 bridgehead atoms. The number of aromatic amines is 1. The normalized spacial score (nSPS) is 14.0.